The quantitative estimate of drug-likeness (QED) is 0.204. The molecule has 4 aromatic rings. The number of morpholine rings is 1. The first-order valence-electron chi connectivity index (χ1n) is 16.6. The van der Waals surface area contributed by atoms with Crippen molar-refractivity contribution in [1.82, 2.24) is 39.4 Å². The lowest BCUT2D eigenvalue weighted by atomic mass is 9.90. The van der Waals surface area contributed by atoms with Crippen molar-refractivity contribution in [2.75, 3.05) is 51.9 Å². The molecule has 2 atom stereocenters. The summed E-state index contributed by atoms with van der Waals surface area (Å²) in [5, 5.41) is 22.0. The summed E-state index contributed by atoms with van der Waals surface area (Å²) in [6.07, 6.45) is 12.8. The molecule has 3 aromatic heterocycles. The number of ether oxygens (including phenoxy) is 4. The molecule has 1 saturated heterocycles. The van der Waals surface area contributed by atoms with Gasteiger partial charge in [0.1, 0.15) is 36.3 Å². The molecular formula is C34H44N10O4. The molecule has 0 bridgehead atoms. The number of nitrogens with zero attached hydrogens (tertiary/aromatic N) is 9. The number of nitriles is 1. The summed E-state index contributed by atoms with van der Waals surface area (Å²) in [5.41, 5.74) is 2.79. The summed E-state index contributed by atoms with van der Waals surface area (Å²) in [6, 6.07) is 8.57. The van der Waals surface area contributed by atoms with Gasteiger partial charge >= 0.3 is 0 Å². The van der Waals surface area contributed by atoms with Crippen LogP contribution in [0.5, 0.6) is 11.6 Å². The van der Waals surface area contributed by atoms with Crippen LogP contribution in [0.25, 0.3) is 11.1 Å². The van der Waals surface area contributed by atoms with Crippen LogP contribution < -0.4 is 14.8 Å². The van der Waals surface area contributed by atoms with Crippen LogP contribution >= 0.6 is 0 Å². The highest BCUT2D eigenvalue weighted by molar-refractivity contribution is 5.67. The van der Waals surface area contributed by atoms with Crippen LogP contribution in [-0.2, 0) is 16.0 Å². The van der Waals surface area contributed by atoms with Crippen LogP contribution in [0.15, 0.2) is 49.4 Å². The number of nitrogens with one attached hydrogen (secondary N) is 1. The lowest BCUT2D eigenvalue weighted by molar-refractivity contribution is 0.00502. The normalized spacial score (nSPS) is 19.7. The zero-order valence-electron chi connectivity index (χ0n) is 27.9. The van der Waals surface area contributed by atoms with Gasteiger partial charge in [-0.2, -0.15) is 10.4 Å². The van der Waals surface area contributed by atoms with E-state index in [0.29, 0.717) is 55.0 Å². The molecule has 0 spiro atoms. The van der Waals surface area contributed by atoms with Gasteiger partial charge in [0, 0.05) is 50.1 Å². The standard InChI is InChI=1S/C34H44N10O4/c1-24(20-45-3)21-47-33-31(19-44(41-33)30-8-6-29(7-9-30)42-10-12-46-13-11-42)40-34-37-16-28(17-38-34)26-4-5-27(15-35)32(14-26)48-25(2)18-43-23-36-22-39-43/h4-5,14,16-17,19,22-25,29-30H,6-13,18,20-21H2,1-3H3,(H,37,38,40)/t24?,25-,29?,30?/m0/s1. The first-order chi connectivity index (χ1) is 23.5. The lowest BCUT2D eigenvalue weighted by Crippen LogP contribution is -2.45. The lowest BCUT2D eigenvalue weighted by Gasteiger charge is -2.38. The molecule has 1 aromatic carbocycles. The predicted octanol–water partition coefficient (Wildman–Crippen LogP) is 4.49. The van der Waals surface area contributed by atoms with E-state index in [9.17, 15) is 5.26 Å². The number of rotatable bonds is 14. The number of hydrogen-bond donors (Lipinski definition) is 1. The van der Waals surface area contributed by atoms with Gasteiger partial charge in [0.15, 0.2) is 0 Å². The number of aromatic nitrogens is 7. The SMILES string of the molecule is COCC(C)COc1nn(C2CCC(N3CCOCC3)CC2)cc1Nc1ncc(-c2ccc(C#N)c(O[C@@H](C)Cn3cncn3)c2)cn1. The third kappa shape index (κ3) is 8.46. The first kappa shape index (κ1) is 33.3. The largest absolute Gasteiger partial charge is 0.487 e. The number of benzene rings is 1. The molecule has 254 valence electrons. The summed E-state index contributed by atoms with van der Waals surface area (Å²) in [7, 11) is 1.69. The van der Waals surface area contributed by atoms with Crippen molar-refractivity contribution in [3.63, 3.8) is 0 Å². The van der Waals surface area contributed by atoms with E-state index in [1.54, 1.807) is 36.6 Å². The molecule has 48 heavy (non-hydrogen) atoms. The van der Waals surface area contributed by atoms with Crippen molar-refractivity contribution >= 4 is 11.6 Å². The van der Waals surface area contributed by atoms with Crippen molar-refractivity contribution in [3.8, 4) is 28.8 Å². The fraction of sp³-hybridized carbons (Fsp3) is 0.529. The van der Waals surface area contributed by atoms with Crippen molar-refractivity contribution in [2.45, 2.75) is 64.3 Å². The molecule has 0 amide bonds. The third-order valence-corrected chi connectivity index (χ3v) is 8.83. The van der Waals surface area contributed by atoms with Gasteiger partial charge in [-0.05, 0) is 50.3 Å². The molecular weight excluding hydrogens is 612 g/mol. The Bertz CT molecular complexity index is 1620. The molecule has 14 nitrogen and oxygen atoms in total. The molecule has 1 saturated carbocycles. The van der Waals surface area contributed by atoms with Crippen molar-refractivity contribution in [2.24, 2.45) is 5.92 Å². The second kappa shape index (κ2) is 16.0. The number of methoxy groups -OCH3 is 1. The minimum atomic E-state index is -0.230. The van der Waals surface area contributed by atoms with E-state index in [0.717, 1.165) is 68.8 Å². The van der Waals surface area contributed by atoms with Gasteiger partial charge in [0.2, 0.25) is 5.95 Å². The maximum atomic E-state index is 9.67. The number of hydrogen-bond acceptors (Lipinski definition) is 12. The van der Waals surface area contributed by atoms with E-state index in [-0.39, 0.29) is 12.0 Å². The molecule has 1 aliphatic heterocycles. The Hall–Kier alpha value is -4.58. The van der Waals surface area contributed by atoms with E-state index in [4.69, 9.17) is 24.0 Å². The maximum absolute atomic E-state index is 9.67. The van der Waals surface area contributed by atoms with Crippen molar-refractivity contribution in [3.05, 3.63) is 55.0 Å². The first-order valence-corrected chi connectivity index (χ1v) is 16.6. The van der Waals surface area contributed by atoms with Crippen molar-refractivity contribution in [1.29, 1.82) is 5.26 Å². The van der Waals surface area contributed by atoms with Crippen LogP contribution in [0.2, 0.25) is 0 Å². The highest BCUT2D eigenvalue weighted by Gasteiger charge is 2.29. The minimum absolute atomic E-state index is 0.208. The highest BCUT2D eigenvalue weighted by Crippen LogP contribution is 2.35. The zero-order valence-corrected chi connectivity index (χ0v) is 27.9. The molecule has 14 heteroatoms. The van der Waals surface area contributed by atoms with Crippen LogP contribution in [0.4, 0.5) is 11.6 Å². The number of anilines is 2. The smallest absolute Gasteiger partial charge is 0.256 e. The summed E-state index contributed by atoms with van der Waals surface area (Å²) >= 11 is 0. The van der Waals surface area contributed by atoms with Gasteiger partial charge in [0.05, 0.1) is 50.8 Å². The van der Waals surface area contributed by atoms with Crippen LogP contribution in [0, 0.1) is 17.2 Å². The Morgan fingerprint density at radius 3 is 2.52 bits per heavy atom. The molecule has 0 radical (unpaired) electrons. The maximum Gasteiger partial charge on any atom is 0.256 e. The molecule has 2 fully saturated rings. The van der Waals surface area contributed by atoms with Crippen molar-refractivity contribution < 1.29 is 18.9 Å². The average Bonchev–Trinajstić information content (AvgIpc) is 3.78. The van der Waals surface area contributed by atoms with Crippen LogP contribution in [0.3, 0.4) is 0 Å². The molecule has 1 unspecified atom stereocenters. The minimum Gasteiger partial charge on any atom is -0.487 e. The summed E-state index contributed by atoms with van der Waals surface area (Å²) < 4.78 is 26.9. The Balaban J connectivity index is 1.14. The molecule has 4 heterocycles. The summed E-state index contributed by atoms with van der Waals surface area (Å²) in [6.45, 7) is 9.28. The summed E-state index contributed by atoms with van der Waals surface area (Å²) in [5.74, 6) is 1.64. The topological polar surface area (TPSA) is 150 Å². The van der Waals surface area contributed by atoms with Crippen LogP contribution in [-0.4, -0.2) is 98.2 Å². The van der Waals surface area contributed by atoms with E-state index >= 15 is 0 Å². The van der Waals surface area contributed by atoms with Gasteiger partial charge < -0.3 is 24.3 Å². The van der Waals surface area contributed by atoms with E-state index in [2.05, 4.69) is 43.3 Å². The second-order valence-corrected chi connectivity index (χ2v) is 12.6. The zero-order chi connectivity index (χ0) is 33.3. The Labute approximate surface area is 281 Å². The van der Waals surface area contributed by atoms with Gasteiger partial charge in [-0.1, -0.05) is 13.0 Å². The fourth-order valence-corrected chi connectivity index (χ4v) is 6.34. The van der Waals surface area contributed by atoms with Gasteiger partial charge in [-0.25, -0.2) is 19.6 Å². The second-order valence-electron chi connectivity index (χ2n) is 12.6. The molecule has 6 rings (SSSR count). The van der Waals surface area contributed by atoms with E-state index in [1.807, 2.05) is 29.9 Å². The van der Waals surface area contributed by atoms with Gasteiger partial charge in [0.25, 0.3) is 5.88 Å². The third-order valence-electron chi connectivity index (χ3n) is 8.83. The Morgan fingerprint density at radius 2 is 1.81 bits per heavy atom. The fourth-order valence-electron chi connectivity index (χ4n) is 6.34. The van der Waals surface area contributed by atoms with E-state index in [1.165, 1.54) is 6.33 Å². The highest BCUT2D eigenvalue weighted by atomic mass is 16.5. The predicted molar refractivity (Wildman–Crippen MR) is 178 cm³/mol. The monoisotopic (exact) mass is 656 g/mol. The van der Waals surface area contributed by atoms with E-state index < -0.39 is 0 Å². The molecule has 1 N–H and O–H groups in total. The Kier molecular flexibility index (Phi) is 11.1. The van der Waals surface area contributed by atoms with Gasteiger partial charge in [-0.3, -0.25) is 9.58 Å². The molecule has 1 aliphatic carbocycles. The average molecular weight is 657 g/mol. The van der Waals surface area contributed by atoms with Crippen LogP contribution in [0.1, 0.15) is 51.1 Å². The molecule has 2 aliphatic rings. The van der Waals surface area contributed by atoms with Gasteiger partial charge in [-0.15, -0.1) is 5.10 Å². The Morgan fingerprint density at radius 1 is 1.04 bits per heavy atom. The summed E-state index contributed by atoms with van der Waals surface area (Å²) in [4.78, 5) is 15.8.